The first-order valence-corrected chi connectivity index (χ1v) is 6.53. The summed E-state index contributed by atoms with van der Waals surface area (Å²) in [6.07, 6.45) is 1.06. The summed E-state index contributed by atoms with van der Waals surface area (Å²) in [7, 11) is 1.83. The number of hydrogen-bond acceptors (Lipinski definition) is 2. The summed E-state index contributed by atoms with van der Waals surface area (Å²) in [4.78, 5) is 13.9. The van der Waals surface area contributed by atoms with Gasteiger partial charge in [-0.2, -0.15) is 0 Å². The zero-order valence-corrected chi connectivity index (χ0v) is 11.8. The van der Waals surface area contributed by atoms with Crippen LogP contribution in [-0.2, 0) is 0 Å². The van der Waals surface area contributed by atoms with Crippen molar-refractivity contribution >= 4 is 5.91 Å². The molecule has 0 aliphatic rings. The maximum Gasteiger partial charge on any atom is 0.253 e. The first kappa shape index (κ1) is 15.3. The molecule has 1 aromatic carbocycles. The zero-order chi connectivity index (χ0) is 14.3. The number of aliphatic hydroxyl groups is 1. The molecule has 102 valence electrons. The largest absolute Gasteiger partial charge is 0.384 e. The molecular formula is C16H21NO2. The highest BCUT2D eigenvalue weighted by Crippen LogP contribution is 2.09. The number of benzene rings is 1. The molecule has 1 aromatic rings. The van der Waals surface area contributed by atoms with Gasteiger partial charge in [-0.05, 0) is 30.2 Å². The number of carbonyl (C=O) groups is 1. The van der Waals surface area contributed by atoms with Gasteiger partial charge in [-0.15, -0.1) is 0 Å². The molecule has 1 unspecified atom stereocenters. The molecule has 0 heterocycles. The van der Waals surface area contributed by atoms with Crippen molar-refractivity contribution in [2.24, 2.45) is 5.92 Å². The third-order valence-electron chi connectivity index (χ3n) is 3.07. The second kappa shape index (κ2) is 7.60. The molecule has 19 heavy (non-hydrogen) atoms. The van der Waals surface area contributed by atoms with Crippen LogP contribution in [0.2, 0.25) is 0 Å². The zero-order valence-electron chi connectivity index (χ0n) is 11.8. The van der Waals surface area contributed by atoms with Gasteiger partial charge in [0.1, 0.15) is 6.61 Å². The first-order chi connectivity index (χ1) is 9.08. The molecule has 0 aliphatic carbocycles. The van der Waals surface area contributed by atoms with Crippen LogP contribution >= 0.6 is 0 Å². The van der Waals surface area contributed by atoms with Crippen LogP contribution in [0.5, 0.6) is 0 Å². The highest BCUT2D eigenvalue weighted by Gasteiger charge is 2.13. The maximum atomic E-state index is 12.2. The molecule has 0 fully saturated rings. The number of nitrogens with zero attached hydrogens (tertiary/aromatic N) is 1. The van der Waals surface area contributed by atoms with Crippen LogP contribution in [-0.4, -0.2) is 36.1 Å². The van der Waals surface area contributed by atoms with Gasteiger partial charge in [-0.1, -0.05) is 32.1 Å². The smallest absolute Gasteiger partial charge is 0.253 e. The highest BCUT2D eigenvalue weighted by molar-refractivity contribution is 5.94. The Bertz CT molecular complexity index is 468. The number of carbonyl (C=O) groups excluding carboxylic acids is 1. The minimum Gasteiger partial charge on any atom is -0.384 e. The molecule has 1 amide bonds. The van der Waals surface area contributed by atoms with Crippen LogP contribution in [0.4, 0.5) is 0 Å². The summed E-state index contributed by atoms with van der Waals surface area (Å²) < 4.78 is 0. The summed E-state index contributed by atoms with van der Waals surface area (Å²) in [6.45, 7) is 4.87. The van der Waals surface area contributed by atoms with E-state index in [9.17, 15) is 4.79 Å². The lowest BCUT2D eigenvalue weighted by atomic mass is 10.1. The molecular weight excluding hydrogens is 238 g/mol. The number of hydrogen-bond donors (Lipinski definition) is 1. The predicted molar refractivity (Wildman–Crippen MR) is 76.8 cm³/mol. The Morgan fingerprint density at radius 3 is 2.53 bits per heavy atom. The monoisotopic (exact) mass is 259 g/mol. The van der Waals surface area contributed by atoms with E-state index in [1.807, 2.05) is 7.05 Å². The summed E-state index contributed by atoms with van der Waals surface area (Å²) in [5.41, 5.74) is 1.47. The minimum absolute atomic E-state index is 0.0296. The molecule has 1 atom stereocenters. The fourth-order valence-corrected chi connectivity index (χ4v) is 1.74. The maximum absolute atomic E-state index is 12.2. The minimum atomic E-state index is -0.154. The molecule has 0 aromatic heterocycles. The molecule has 3 heteroatoms. The van der Waals surface area contributed by atoms with Crippen LogP contribution in [0.3, 0.4) is 0 Å². The number of amides is 1. The van der Waals surface area contributed by atoms with Crippen molar-refractivity contribution in [1.29, 1.82) is 0 Å². The molecule has 0 aliphatic heterocycles. The lowest BCUT2D eigenvalue weighted by Crippen LogP contribution is -2.30. The molecule has 0 bridgehead atoms. The van der Waals surface area contributed by atoms with Gasteiger partial charge in [0.25, 0.3) is 5.91 Å². The molecule has 1 N–H and O–H groups in total. The second-order valence-electron chi connectivity index (χ2n) is 4.74. The lowest BCUT2D eigenvalue weighted by Gasteiger charge is -2.20. The molecule has 3 nitrogen and oxygen atoms in total. The van der Waals surface area contributed by atoms with E-state index in [0.29, 0.717) is 11.5 Å². The number of aliphatic hydroxyl groups excluding tert-OH is 1. The normalized spacial score (nSPS) is 11.4. The second-order valence-corrected chi connectivity index (χ2v) is 4.74. The van der Waals surface area contributed by atoms with Crippen molar-refractivity contribution in [2.45, 2.75) is 20.3 Å². The van der Waals surface area contributed by atoms with E-state index in [4.69, 9.17) is 5.11 Å². The highest BCUT2D eigenvalue weighted by atomic mass is 16.2. The Morgan fingerprint density at radius 1 is 1.37 bits per heavy atom. The van der Waals surface area contributed by atoms with E-state index < -0.39 is 0 Å². The Kier molecular flexibility index (Phi) is 6.11. The fraction of sp³-hybridized carbons (Fsp3) is 0.438. The third-order valence-corrected chi connectivity index (χ3v) is 3.07. The van der Waals surface area contributed by atoms with Gasteiger partial charge in [0.2, 0.25) is 0 Å². The van der Waals surface area contributed by atoms with E-state index in [0.717, 1.165) is 18.5 Å². The van der Waals surface area contributed by atoms with Gasteiger partial charge in [0.15, 0.2) is 0 Å². The summed E-state index contributed by atoms with van der Waals surface area (Å²) in [5, 5.41) is 8.62. The van der Waals surface area contributed by atoms with E-state index in [1.165, 1.54) is 0 Å². The first-order valence-electron chi connectivity index (χ1n) is 6.53. The van der Waals surface area contributed by atoms with Gasteiger partial charge in [-0.25, -0.2) is 0 Å². The van der Waals surface area contributed by atoms with E-state index >= 15 is 0 Å². The van der Waals surface area contributed by atoms with Crippen LogP contribution in [0.25, 0.3) is 0 Å². The standard InChI is InChI=1S/C16H21NO2/c1-4-13(2)12-17(3)16(19)15-9-7-14(8-10-15)6-5-11-18/h7-10,13,18H,4,11-12H2,1-3H3. The SMILES string of the molecule is CCC(C)CN(C)C(=O)c1ccc(C#CCO)cc1. The quantitative estimate of drug-likeness (QED) is 0.842. The Hall–Kier alpha value is -1.79. The molecule has 1 rings (SSSR count). The van der Waals surface area contributed by atoms with Crippen LogP contribution in [0.1, 0.15) is 36.2 Å². The van der Waals surface area contributed by atoms with Crippen molar-refractivity contribution in [2.75, 3.05) is 20.2 Å². The van der Waals surface area contributed by atoms with E-state index in [2.05, 4.69) is 25.7 Å². The molecule has 0 saturated carbocycles. The van der Waals surface area contributed by atoms with Crippen molar-refractivity contribution in [3.05, 3.63) is 35.4 Å². The topological polar surface area (TPSA) is 40.5 Å². The van der Waals surface area contributed by atoms with Crippen molar-refractivity contribution < 1.29 is 9.90 Å². The average molecular weight is 259 g/mol. The molecule has 0 radical (unpaired) electrons. The molecule has 0 saturated heterocycles. The average Bonchev–Trinajstić information content (AvgIpc) is 2.44. The summed E-state index contributed by atoms with van der Waals surface area (Å²) in [6, 6.07) is 7.15. The number of rotatable bonds is 4. The summed E-state index contributed by atoms with van der Waals surface area (Å²) >= 11 is 0. The van der Waals surface area contributed by atoms with E-state index in [-0.39, 0.29) is 12.5 Å². The van der Waals surface area contributed by atoms with Crippen molar-refractivity contribution in [3.63, 3.8) is 0 Å². The van der Waals surface area contributed by atoms with Gasteiger partial charge < -0.3 is 10.0 Å². The Morgan fingerprint density at radius 2 is 2.00 bits per heavy atom. The van der Waals surface area contributed by atoms with E-state index in [1.54, 1.807) is 29.2 Å². The van der Waals surface area contributed by atoms with Gasteiger partial charge in [-0.3, -0.25) is 4.79 Å². The predicted octanol–water partition coefficient (Wildman–Crippen LogP) is 2.15. The van der Waals surface area contributed by atoms with Gasteiger partial charge in [0.05, 0.1) is 0 Å². The summed E-state index contributed by atoms with van der Waals surface area (Å²) in [5.74, 6) is 5.92. The Labute approximate surface area is 115 Å². The van der Waals surface area contributed by atoms with Crippen molar-refractivity contribution in [1.82, 2.24) is 4.90 Å². The van der Waals surface area contributed by atoms with Gasteiger partial charge >= 0.3 is 0 Å². The van der Waals surface area contributed by atoms with Gasteiger partial charge in [0, 0.05) is 24.7 Å². The fourth-order valence-electron chi connectivity index (χ4n) is 1.74. The molecule has 0 spiro atoms. The Balaban J connectivity index is 2.72. The van der Waals surface area contributed by atoms with Crippen molar-refractivity contribution in [3.8, 4) is 11.8 Å². The third kappa shape index (κ3) is 4.76. The van der Waals surface area contributed by atoms with Crippen LogP contribution in [0.15, 0.2) is 24.3 Å². The van der Waals surface area contributed by atoms with Crippen LogP contribution < -0.4 is 0 Å². The lowest BCUT2D eigenvalue weighted by molar-refractivity contribution is 0.0775. The van der Waals surface area contributed by atoms with Crippen LogP contribution in [0, 0.1) is 17.8 Å².